The van der Waals surface area contributed by atoms with E-state index in [-0.39, 0.29) is 17.8 Å². The van der Waals surface area contributed by atoms with E-state index in [1.807, 2.05) is 4.90 Å². The van der Waals surface area contributed by atoms with Gasteiger partial charge in [-0.3, -0.25) is 4.79 Å². The molecule has 1 N–H and O–H groups in total. The van der Waals surface area contributed by atoms with Crippen molar-refractivity contribution in [3.05, 3.63) is 29.0 Å². The molecule has 104 valence electrons. The second kappa shape index (κ2) is 6.24. The fourth-order valence-electron chi connectivity index (χ4n) is 2.29. The van der Waals surface area contributed by atoms with E-state index < -0.39 is 0 Å². The molecule has 0 spiro atoms. The van der Waals surface area contributed by atoms with Crippen molar-refractivity contribution in [3.63, 3.8) is 0 Å². The summed E-state index contributed by atoms with van der Waals surface area (Å²) in [6, 6.07) is 3.76. The van der Waals surface area contributed by atoms with Gasteiger partial charge < -0.3 is 10.2 Å². The Balaban J connectivity index is 1.99. The third kappa shape index (κ3) is 3.60. The van der Waals surface area contributed by atoms with Gasteiger partial charge in [-0.2, -0.15) is 0 Å². The highest BCUT2D eigenvalue weighted by Crippen LogP contribution is 2.23. The summed E-state index contributed by atoms with van der Waals surface area (Å²) in [5, 5.41) is 3.33. The van der Waals surface area contributed by atoms with Crippen LogP contribution in [0.3, 0.4) is 0 Å². The minimum absolute atomic E-state index is 0.0695. The van der Waals surface area contributed by atoms with Crippen molar-refractivity contribution >= 4 is 23.2 Å². The van der Waals surface area contributed by atoms with Crippen LogP contribution in [0.15, 0.2) is 18.2 Å². The molecule has 1 amide bonds. The Morgan fingerprint density at radius 1 is 1.37 bits per heavy atom. The third-order valence-electron chi connectivity index (χ3n) is 3.34. The quantitative estimate of drug-likeness (QED) is 0.924. The molecule has 1 aromatic carbocycles. The first-order chi connectivity index (χ1) is 9.08. The number of halogens is 2. The molecule has 1 heterocycles. The summed E-state index contributed by atoms with van der Waals surface area (Å²) in [4.78, 5) is 14.1. The standard InChI is InChI=1S/C14H18ClFN2O/c1-10(14(19)18-7-3-2-4-8-18)17-13-6-5-11(16)9-12(13)15/h5-6,9-10,17H,2-4,7-8H2,1H3. The van der Waals surface area contributed by atoms with E-state index in [0.717, 1.165) is 25.9 Å². The number of nitrogens with zero attached hydrogens (tertiary/aromatic N) is 1. The van der Waals surface area contributed by atoms with E-state index >= 15 is 0 Å². The maximum absolute atomic E-state index is 12.9. The van der Waals surface area contributed by atoms with Crippen LogP contribution in [-0.2, 0) is 4.79 Å². The van der Waals surface area contributed by atoms with Crippen LogP contribution < -0.4 is 5.32 Å². The maximum Gasteiger partial charge on any atom is 0.244 e. The first-order valence-corrected chi connectivity index (χ1v) is 6.96. The minimum atomic E-state index is -0.384. The molecule has 0 aromatic heterocycles. The average molecular weight is 285 g/mol. The summed E-state index contributed by atoms with van der Waals surface area (Å²) in [6.45, 7) is 3.45. The second-order valence-electron chi connectivity index (χ2n) is 4.88. The molecule has 3 nitrogen and oxygen atoms in total. The molecule has 19 heavy (non-hydrogen) atoms. The average Bonchev–Trinajstić information content (AvgIpc) is 2.42. The topological polar surface area (TPSA) is 32.3 Å². The van der Waals surface area contributed by atoms with Gasteiger partial charge in [0.2, 0.25) is 5.91 Å². The number of anilines is 1. The lowest BCUT2D eigenvalue weighted by Crippen LogP contribution is -2.43. The highest BCUT2D eigenvalue weighted by Gasteiger charge is 2.22. The number of piperidine rings is 1. The predicted molar refractivity (Wildman–Crippen MR) is 74.9 cm³/mol. The van der Waals surface area contributed by atoms with Gasteiger partial charge in [-0.1, -0.05) is 11.6 Å². The van der Waals surface area contributed by atoms with Crippen molar-refractivity contribution in [2.75, 3.05) is 18.4 Å². The van der Waals surface area contributed by atoms with Gasteiger partial charge in [-0.25, -0.2) is 4.39 Å². The molecule has 5 heteroatoms. The number of hydrogen-bond acceptors (Lipinski definition) is 2. The van der Waals surface area contributed by atoms with Crippen LogP contribution in [0.25, 0.3) is 0 Å². The smallest absolute Gasteiger partial charge is 0.244 e. The summed E-state index contributed by atoms with van der Waals surface area (Å²) >= 11 is 5.94. The van der Waals surface area contributed by atoms with E-state index in [1.54, 1.807) is 13.0 Å². The molecule has 1 unspecified atom stereocenters. The highest BCUT2D eigenvalue weighted by atomic mass is 35.5. The van der Waals surface area contributed by atoms with Crippen LogP contribution >= 0.6 is 11.6 Å². The van der Waals surface area contributed by atoms with Gasteiger partial charge in [-0.15, -0.1) is 0 Å². The molecule has 1 aliphatic rings. The van der Waals surface area contributed by atoms with Crippen molar-refractivity contribution in [1.29, 1.82) is 0 Å². The van der Waals surface area contributed by atoms with E-state index in [2.05, 4.69) is 5.32 Å². The number of hydrogen-bond donors (Lipinski definition) is 1. The van der Waals surface area contributed by atoms with Crippen LogP contribution in [0.1, 0.15) is 26.2 Å². The monoisotopic (exact) mass is 284 g/mol. The van der Waals surface area contributed by atoms with E-state index in [4.69, 9.17) is 11.6 Å². The predicted octanol–water partition coefficient (Wildman–Crippen LogP) is 3.29. The molecule has 1 aromatic rings. The lowest BCUT2D eigenvalue weighted by molar-refractivity contribution is -0.132. The number of likely N-dealkylation sites (tertiary alicyclic amines) is 1. The maximum atomic E-state index is 12.9. The molecule has 0 saturated carbocycles. The number of rotatable bonds is 3. The zero-order chi connectivity index (χ0) is 13.8. The van der Waals surface area contributed by atoms with Crippen LogP contribution in [-0.4, -0.2) is 29.9 Å². The van der Waals surface area contributed by atoms with Crippen molar-refractivity contribution < 1.29 is 9.18 Å². The number of amides is 1. The Kier molecular flexibility index (Phi) is 4.64. The van der Waals surface area contributed by atoms with Crippen LogP contribution in [0, 0.1) is 5.82 Å². The summed E-state index contributed by atoms with van der Waals surface area (Å²) in [7, 11) is 0. The van der Waals surface area contributed by atoms with Gasteiger partial charge in [-0.05, 0) is 44.4 Å². The molecule has 1 saturated heterocycles. The number of carbonyl (C=O) groups is 1. The summed E-state index contributed by atoms with van der Waals surface area (Å²) < 4.78 is 12.9. The Labute approximate surface area is 117 Å². The van der Waals surface area contributed by atoms with Gasteiger partial charge >= 0.3 is 0 Å². The van der Waals surface area contributed by atoms with Crippen molar-refractivity contribution in [3.8, 4) is 0 Å². The van der Waals surface area contributed by atoms with E-state index in [1.165, 1.54) is 18.6 Å². The van der Waals surface area contributed by atoms with Crippen LogP contribution in [0.5, 0.6) is 0 Å². The molecule has 0 radical (unpaired) electrons. The summed E-state index contributed by atoms with van der Waals surface area (Å²) in [5.41, 5.74) is 0.584. The van der Waals surface area contributed by atoms with Crippen molar-refractivity contribution in [1.82, 2.24) is 4.90 Å². The molecule has 1 aliphatic heterocycles. The molecule has 2 rings (SSSR count). The van der Waals surface area contributed by atoms with Gasteiger partial charge in [0.05, 0.1) is 10.7 Å². The third-order valence-corrected chi connectivity index (χ3v) is 3.65. The summed E-state index contributed by atoms with van der Waals surface area (Å²) in [5.74, 6) is -0.314. The van der Waals surface area contributed by atoms with Gasteiger partial charge in [0.1, 0.15) is 11.9 Å². The Hall–Kier alpha value is -1.29. The SMILES string of the molecule is CC(Nc1ccc(F)cc1Cl)C(=O)N1CCCCC1. The van der Waals surface area contributed by atoms with Gasteiger partial charge in [0, 0.05) is 13.1 Å². The molecule has 1 fully saturated rings. The van der Waals surface area contributed by atoms with E-state index in [0.29, 0.717) is 10.7 Å². The van der Waals surface area contributed by atoms with Crippen LogP contribution in [0.4, 0.5) is 10.1 Å². The lowest BCUT2D eigenvalue weighted by Gasteiger charge is -2.29. The molecule has 1 atom stereocenters. The first-order valence-electron chi connectivity index (χ1n) is 6.58. The molecular weight excluding hydrogens is 267 g/mol. The number of nitrogens with one attached hydrogen (secondary N) is 1. The molecular formula is C14H18ClFN2O. The Morgan fingerprint density at radius 2 is 2.05 bits per heavy atom. The zero-order valence-electron chi connectivity index (χ0n) is 11.0. The van der Waals surface area contributed by atoms with Gasteiger partial charge in [0.15, 0.2) is 0 Å². The lowest BCUT2D eigenvalue weighted by atomic mass is 10.1. The minimum Gasteiger partial charge on any atom is -0.373 e. The Bertz CT molecular complexity index is 461. The molecule has 0 bridgehead atoms. The normalized spacial score (nSPS) is 17.1. The van der Waals surface area contributed by atoms with E-state index in [9.17, 15) is 9.18 Å². The fraction of sp³-hybridized carbons (Fsp3) is 0.500. The van der Waals surface area contributed by atoms with Crippen molar-refractivity contribution in [2.24, 2.45) is 0 Å². The largest absolute Gasteiger partial charge is 0.373 e. The van der Waals surface area contributed by atoms with Crippen LogP contribution in [0.2, 0.25) is 5.02 Å². The van der Waals surface area contributed by atoms with Crippen molar-refractivity contribution in [2.45, 2.75) is 32.2 Å². The first kappa shape index (κ1) is 14.1. The zero-order valence-corrected chi connectivity index (χ0v) is 11.7. The fourth-order valence-corrected chi connectivity index (χ4v) is 2.51. The number of carbonyl (C=O) groups excluding carboxylic acids is 1. The van der Waals surface area contributed by atoms with Gasteiger partial charge in [0.25, 0.3) is 0 Å². The highest BCUT2D eigenvalue weighted by molar-refractivity contribution is 6.33. The Morgan fingerprint density at radius 3 is 2.68 bits per heavy atom. The second-order valence-corrected chi connectivity index (χ2v) is 5.28. The molecule has 0 aliphatic carbocycles. The summed E-state index contributed by atoms with van der Waals surface area (Å²) in [6.07, 6.45) is 3.32. The number of benzene rings is 1.